The van der Waals surface area contributed by atoms with Crippen LogP contribution in [0.3, 0.4) is 0 Å². The summed E-state index contributed by atoms with van der Waals surface area (Å²) in [5.74, 6) is -0.150. The summed E-state index contributed by atoms with van der Waals surface area (Å²) < 4.78 is 32.4. The van der Waals surface area contributed by atoms with Gasteiger partial charge in [-0.1, -0.05) is 25.4 Å². The summed E-state index contributed by atoms with van der Waals surface area (Å²) in [6, 6.07) is 7.61. The second-order valence-corrected chi connectivity index (χ2v) is 8.97. The molecule has 1 amide bonds. The summed E-state index contributed by atoms with van der Waals surface area (Å²) in [4.78, 5) is 12.6. The average Bonchev–Trinajstić information content (AvgIpc) is 3.40. The smallest absolute Gasteiger partial charge is 0.322 e. The van der Waals surface area contributed by atoms with E-state index in [1.807, 2.05) is 30.7 Å². The molecule has 0 unspecified atom stereocenters. The van der Waals surface area contributed by atoms with E-state index in [2.05, 4.69) is 15.5 Å². The molecule has 0 fully saturated rings. The molecule has 0 atom stereocenters. The molecule has 0 aliphatic rings. The Kier molecular flexibility index (Phi) is 6.78. The molecule has 29 heavy (non-hydrogen) atoms. The summed E-state index contributed by atoms with van der Waals surface area (Å²) in [6.45, 7) is 4.69. The van der Waals surface area contributed by atoms with E-state index in [-0.39, 0.29) is 16.5 Å². The topological polar surface area (TPSA) is 105 Å². The molecule has 2 aromatic heterocycles. The van der Waals surface area contributed by atoms with E-state index in [1.165, 1.54) is 39.9 Å². The molecule has 8 nitrogen and oxygen atoms in total. The number of carbonyl (C=O) groups excluding carboxylic acids is 1. The van der Waals surface area contributed by atoms with Gasteiger partial charge in [0.15, 0.2) is 0 Å². The van der Waals surface area contributed by atoms with Crippen molar-refractivity contribution in [2.75, 3.05) is 18.4 Å². The van der Waals surface area contributed by atoms with Crippen LogP contribution in [0, 0.1) is 0 Å². The van der Waals surface area contributed by atoms with E-state index in [0.717, 1.165) is 18.4 Å². The molecule has 0 spiro atoms. The van der Waals surface area contributed by atoms with Crippen LogP contribution in [0.25, 0.3) is 11.5 Å². The van der Waals surface area contributed by atoms with Gasteiger partial charge in [0.05, 0.1) is 4.90 Å². The molecule has 0 aliphatic carbocycles. The molecule has 2 heterocycles. The van der Waals surface area contributed by atoms with Crippen LogP contribution in [0.1, 0.15) is 37.0 Å². The molecule has 0 radical (unpaired) electrons. The molecule has 3 rings (SSSR count). The van der Waals surface area contributed by atoms with Gasteiger partial charge in [-0.05, 0) is 42.1 Å². The van der Waals surface area contributed by atoms with E-state index in [0.29, 0.717) is 19.0 Å². The van der Waals surface area contributed by atoms with Gasteiger partial charge in [-0.25, -0.2) is 8.42 Å². The van der Waals surface area contributed by atoms with Crippen LogP contribution in [0.4, 0.5) is 6.01 Å². The highest BCUT2D eigenvalue weighted by atomic mass is 32.2. The van der Waals surface area contributed by atoms with Gasteiger partial charge in [-0.3, -0.25) is 10.1 Å². The molecule has 154 valence electrons. The van der Waals surface area contributed by atoms with Crippen LogP contribution in [0.15, 0.2) is 50.4 Å². The summed E-state index contributed by atoms with van der Waals surface area (Å²) in [5, 5.41) is 14.0. The lowest BCUT2D eigenvalue weighted by molar-refractivity contribution is 0.102. The van der Waals surface area contributed by atoms with Gasteiger partial charge in [0.2, 0.25) is 10.0 Å². The number of amides is 1. The minimum Gasteiger partial charge on any atom is -0.403 e. The van der Waals surface area contributed by atoms with Gasteiger partial charge in [-0.15, -0.1) is 5.10 Å². The quantitative estimate of drug-likeness (QED) is 0.548. The van der Waals surface area contributed by atoms with Crippen molar-refractivity contribution in [1.82, 2.24) is 14.5 Å². The number of nitrogens with zero attached hydrogens (tertiary/aromatic N) is 3. The molecular formula is C19H22N4O4S2. The van der Waals surface area contributed by atoms with Crippen LogP contribution in [-0.2, 0) is 10.0 Å². The highest BCUT2D eigenvalue weighted by Crippen LogP contribution is 2.22. The van der Waals surface area contributed by atoms with Crippen molar-refractivity contribution >= 4 is 33.3 Å². The van der Waals surface area contributed by atoms with Gasteiger partial charge in [0, 0.05) is 29.6 Å². The maximum Gasteiger partial charge on any atom is 0.322 e. The maximum absolute atomic E-state index is 12.7. The number of unbranched alkanes of at least 4 members (excludes halogenated alkanes) is 1. The Balaban J connectivity index is 1.70. The molecule has 0 bridgehead atoms. The van der Waals surface area contributed by atoms with Crippen LogP contribution in [0.5, 0.6) is 0 Å². The van der Waals surface area contributed by atoms with E-state index in [1.54, 1.807) is 0 Å². The third-order valence-corrected chi connectivity index (χ3v) is 6.95. The largest absolute Gasteiger partial charge is 0.403 e. The van der Waals surface area contributed by atoms with Gasteiger partial charge in [-0.2, -0.15) is 15.6 Å². The van der Waals surface area contributed by atoms with Crippen molar-refractivity contribution in [1.29, 1.82) is 0 Å². The molecule has 1 aromatic carbocycles. The SMILES string of the molecule is CCCCN(CC)S(=O)(=O)c1ccc(C(=O)Nc2nnc(-c3ccsc3)o2)cc1. The Morgan fingerprint density at radius 1 is 1.17 bits per heavy atom. The average molecular weight is 435 g/mol. The zero-order chi connectivity index (χ0) is 20.9. The molecule has 0 saturated heterocycles. The number of aromatic nitrogens is 2. The number of rotatable bonds is 9. The molecule has 3 aromatic rings. The molecular weight excluding hydrogens is 412 g/mol. The van der Waals surface area contributed by atoms with E-state index in [9.17, 15) is 13.2 Å². The number of sulfonamides is 1. The van der Waals surface area contributed by atoms with Gasteiger partial charge in [0.25, 0.3) is 11.8 Å². The Hall–Kier alpha value is -2.56. The van der Waals surface area contributed by atoms with Crippen molar-refractivity contribution < 1.29 is 17.6 Å². The van der Waals surface area contributed by atoms with Gasteiger partial charge in [0.1, 0.15) is 0 Å². The zero-order valence-corrected chi connectivity index (χ0v) is 17.8. The predicted octanol–water partition coefficient (Wildman–Crippen LogP) is 3.86. The first-order valence-corrected chi connectivity index (χ1v) is 11.6. The summed E-state index contributed by atoms with van der Waals surface area (Å²) in [6.07, 6.45) is 1.71. The van der Waals surface area contributed by atoms with Crippen LogP contribution in [-0.4, -0.2) is 41.9 Å². The fraction of sp³-hybridized carbons (Fsp3) is 0.316. The summed E-state index contributed by atoms with van der Waals surface area (Å²) in [5.41, 5.74) is 1.07. The minimum atomic E-state index is -3.58. The first kappa shape index (κ1) is 21.2. The third-order valence-electron chi connectivity index (χ3n) is 4.28. The monoisotopic (exact) mass is 434 g/mol. The Bertz CT molecular complexity index is 1040. The van der Waals surface area contributed by atoms with Crippen molar-refractivity contribution in [2.24, 2.45) is 0 Å². The molecule has 0 saturated carbocycles. The Morgan fingerprint density at radius 3 is 2.55 bits per heavy atom. The first-order chi connectivity index (χ1) is 14.0. The van der Waals surface area contributed by atoms with Crippen LogP contribution < -0.4 is 5.32 Å². The maximum atomic E-state index is 12.7. The van der Waals surface area contributed by atoms with Crippen LogP contribution >= 0.6 is 11.3 Å². The first-order valence-electron chi connectivity index (χ1n) is 9.23. The minimum absolute atomic E-state index is 0.0235. The lowest BCUT2D eigenvalue weighted by Gasteiger charge is -2.20. The highest BCUT2D eigenvalue weighted by molar-refractivity contribution is 7.89. The summed E-state index contributed by atoms with van der Waals surface area (Å²) >= 11 is 1.50. The van der Waals surface area contributed by atoms with Crippen molar-refractivity contribution in [3.63, 3.8) is 0 Å². The zero-order valence-electron chi connectivity index (χ0n) is 16.2. The Labute approximate surface area is 173 Å². The fourth-order valence-corrected chi connectivity index (χ4v) is 4.77. The van der Waals surface area contributed by atoms with Gasteiger partial charge < -0.3 is 4.42 Å². The number of hydrogen-bond acceptors (Lipinski definition) is 7. The third kappa shape index (κ3) is 4.89. The predicted molar refractivity (Wildman–Crippen MR) is 111 cm³/mol. The number of nitrogens with one attached hydrogen (secondary N) is 1. The van der Waals surface area contributed by atoms with E-state index in [4.69, 9.17) is 4.42 Å². The number of thiophene rings is 1. The summed E-state index contributed by atoms with van der Waals surface area (Å²) in [7, 11) is -3.58. The van der Waals surface area contributed by atoms with Crippen LogP contribution in [0.2, 0.25) is 0 Å². The van der Waals surface area contributed by atoms with Crippen molar-refractivity contribution in [3.8, 4) is 11.5 Å². The van der Waals surface area contributed by atoms with Crippen molar-refractivity contribution in [2.45, 2.75) is 31.6 Å². The molecule has 0 aliphatic heterocycles. The van der Waals surface area contributed by atoms with E-state index < -0.39 is 15.9 Å². The molecule has 1 N–H and O–H groups in total. The highest BCUT2D eigenvalue weighted by Gasteiger charge is 2.23. The lowest BCUT2D eigenvalue weighted by atomic mass is 10.2. The number of anilines is 1. The normalized spacial score (nSPS) is 11.7. The Morgan fingerprint density at radius 2 is 1.93 bits per heavy atom. The molecule has 10 heteroatoms. The van der Waals surface area contributed by atoms with E-state index >= 15 is 0 Å². The second-order valence-electron chi connectivity index (χ2n) is 6.25. The second kappa shape index (κ2) is 9.29. The number of carbonyl (C=O) groups is 1. The van der Waals surface area contributed by atoms with Crippen molar-refractivity contribution in [3.05, 3.63) is 46.7 Å². The number of benzene rings is 1. The fourth-order valence-electron chi connectivity index (χ4n) is 2.66. The number of hydrogen-bond donors (Lipinski definition) is 1. The lowest BCUT2D eigenvalue weighted by Crippen LogP contribution is -2.31. The standard InChI is InChI=1S/C19H22N4O4S2/c1-3-5-11-23(4-2)29(25,26)16-8-6-14(7-9-16)17(24)20-19-22-21-18(27-19)15-10-12-28-13-15/h6-10,12-13H,3-5,11H2,1-2H3,(H,20,22,24). The van der Waals surface area contributed by atoms with Gasteiger partial charge >= 0.3 is 6.01 Å².